The summed E-state index contributed by atoms with van der Waals surface area (Å²) in [6.07, 6.45) is -2.67. The molecule has 10 heteroatoms. The fourth-order valence-corrected chi connectivity index (χ4v) is 3.34. The van der Waals surface area contributed by atoms with Crippen LogP contribution < -0.4 is 5.56 Å². The zero-order valence-corrected chi connectivity index (χ0v) is 16.3. The Balaban J connectivity index is 2.01. The van der Waals surface area contributed by atoms with Crippen molar-refractivity contribution in [1.82, 2.24) is 19.7 Å². The molecule has 0 aliphatic heterocycles. The lowest BCUT2D eigenvalue weighted by atomic mass is 9.93. The lowest BCUT2D eigenvalue weighted by Gasteiger charge is -2.25. The second kappa shape index (κ2) is 7.14. The van der Waals surface area contributed by atoms with Gasteiger partial charge in [-0.25, -0.2) is 0 Å². The SMILES string of the molecule is Cc1[nH]c2c(=O)n(C)cc(C#CC(O)(c3ccccc3)C(F)(F)F)c2c1-c1nnco1. The van der Waals surface area contributed by atoms with E-state index in [2.05, 4.69) is 21.1 Å². The van der Waals surface area contributed by atoms with E-state index in [-0.39, 0.29) is 22.4 Å². The highest BCUT2D eigenvalue weighted by Crippen LogP contribution is 2.39. The first-order valence-corrected chi connectivity index (χ1v) is 8.99. The Kier molecular flexibility index (Phi) is 4.71. The molecule has 0 saturated carbocycles. The zero-order valence-electron chi connectivity index (χ0n) is 16.3. The predicted molar refractivity (Wildman–Crippen MR) is 105 cm³/mol. The molecule has 2 N–H and O–H groups in total. The Morgan fingerprint density at radius 1 is 1.23 bits per heavy atom. The first kappa shape index (κ1) is 20.4. The summed E-state index contributed by atoms with van der Waals surface area (Å²) >= 11 is 0. The summed E-state index contributed by atoms with van der Waals surface area (Å²) in [7, 11) is 1.45. The van der Waals surface area contributed by atoms with Gasteiger partial charge in [-0.05, 0) is 12.8 Å². The van der Waals surface area contributed by atoms with Gasteiger partial charge < -0.3 is 19.1 Å². The highest BCUT2D eigenvalue weighted by atomic mass is 19.4. The number of nitrogens with zero attached hydrogens (tertiary/aromatic N) is 3. The number of halogens is 3. The Hall–Kier alpha value is -3.84. The number of nitrogens with one attached hydrogen (secondary N) is 1. The van der Waals surface area contributed by atoms with E-state index in [0.29, 0.717) is 11.3 Å². The summed E-state index contributed by atoms with van der Waals surface area (Å²) in [6.45, 7) is 1.66. The average molecular weight is 428 g/mol. The van der Waals surface area contributed by atoms with Gasteiger partial charge in [-0.1, -0.05) is 36.3 Å². The van der Waals surface area contributed by atoms with Gasteiger partial charge in [0.2, 0.25) is 17.9 Å². The summed E-state index contributed by atoms with van der Waals surface area (Å²) in [5.41, 5.74) is -3.19. The van der Waals surface area contributed by atoms with Crippen molar-refractivity contribution in [2.75, 3.05) is 0 Å². The van der Waals surface area contributed by atoms with Crippen LogP contribution in [0.1, 0.15) is 16.8 Å². The third-order valence-corrected chi connectivity index (χ3v) is 4.87. The van der Waals surface area contributed by atoms with E-state index >= 15 is 0 Å². The Bertz CT molecular complexity index is 1380. The van der Waals surface area contributed by atoms with Crippen molar-refractivity contribution >= 4 is 10.9 Å². The van der Waals surface area contributed by atoms with Crippen LogP contribution in [0.15, 0.2) is 52.1 Å². The lowest BCUT2D eigenvalue weighted by Crippen LogP contribution is -2.41. The van der Waals surface area contributed by atoms with Gasteiger partial charge in [0.15, 0.2) is 0 Å². The molecular weight excluding hydrogens is 413 g/mol. The van der Waals surface area contributed by atoms with Crippen molar-refractivity contribution in [2.24, 2.45) is 7.05 Å². The number of alkyl halides is 3. The average Bonchev–Trinajstić information content (AvgIpc) is 3.36. The predicted octanol–water partition coefficient (Wildman–Crippen LogP) is 3.03. The van der Waals surface area contributed by atoms with Crippen LogP contribution in [0.25, 0.3) is 22.4 Å². The Labute approximate surface area is 173 Å². The number of aryl methyl sites for hydroxylation is 2. The fraction of sp³-hybridized carbons (Fsp3) is 0.190. The number of rotatable bonds is 2. The van der Waals surface area contributed by atoms with Gasteiger partial charge in [-0.15, -0.1) is 10.2 Å². The van der Waals surface area contributed by atoms with E-state index < -0.39 is 22.9 Å². The molecule has 1 aromatic carbocycles. The molecule has 7 nitrogen and oxygen atoms in total. The van der Waals surface area contributed by atoms with Crippen LogP contribution in [0.5, 0.6) is 0 Å². The van der Waals surface area contributed by atoms with Gasteiger partial charge in [0.25, 0.3) is 5.56 Å². The first-order chi connectivity index (χ1) is 14.6. The van der Waals surface area contributed by atoms with E-state index in [1.807, 2.05) is 5.92 Å². The molecule has 158 valence electrons. The lowest BCUT2D eigenvalue weighted by molar-refractivity contribution is -0.240. The maximum absolute atomic E-state index is 13.8. The summed E-state index contributed by atoms with van der Waals surface area (Å²) in [6, 6.07) is 6.57. The van der Waals surface area contributed by atoms with Crippen LogP contribution in [-0.2, 0) is 12.6 Å². The third-order valence-electron chi connectivity index (χ3n) is 4.87. The number of benzene rings is 1. The van der Waals surface area contributed by atoms with Crippen molar-refractivity contribution < 1.29 is 22.7 Å². The molecule has 4 aromatic rings. The van der Waals surface area contributed by atoms with Gasteiger partial charge in [0.05, 0.1) is 11.1 Å². The number of aromatic amines is 1. The van der Waals surface area contributed by atoms with Gasteiger partial charge in [-0.3, -0.25) is 4.79 Å². The van der Waals surface area contributed by atoms with Crippen LogP contribution in [-0.4, -0.2) is 31.0 Å². The molecule has 1 atom stereocenters. The third kappa shape index (κ3) is 3.29. The molecule has 0 fully saturated rings. The minimum absolute atomic E-state index is 0.0771. The minimum Gasteiger partial charge on any atom is -0.423 e. The van der Waals surface area contributed by atoms with Crippen LogP contribution in [0.3, 0.4) is 0 Å². The molecule has 3 aromatic heterocycles. The topological polar surface area (TPSA) is 96.9 Å². The van der Waals surface area contributed by atoms with Crippen LogP contribution >= 0.6 is 0 Å². The number of aliphatic hydroxyl groups is 1. The van der Waals surface area contributed by atoms with Crippen molar-refractivity contribution in [1.29, 1.82) is 0 Å². The van der Waals surface area contributed by atoms with E-state index in [0.717, 1.165) is 18.5 Å². The Morgan fingerprint density at radius 2 is 1.94 bits per heavy atom. The first-order valence-electron chi connectivity index (χ1n) is 8.99. The van der Waals surface area contributed by atoms with Gasteiger partial charge >= 0.3 is 6.18 Å². The normalized spacial score (nSPS) is 13.6. The van der Waals surface area contributed by atoms with E-state index in [4.69, 9.17) is 4.42 Å². The standard InChI is InChI=1S/C21H15F3N4O3/c1-12-15(18-27-25-11-31-18)16-13(10-28(2)19(29)17(16)26-12)8-9-20(30,21(22,23)24)14-6-4-3-5-7-14/h3-7,10-11,26,30H,1-2H3. The highest BCUT2D eigenvalue weighted by Gasteiger charge is 2.54. The summed E-state index contributed by atoms with van der Waals surface area (Å²) in [5, 5.41) is 18.2. The molecule has 0 aliphatic carbocycles. The molecule has 0 amide bonds. The van der Waals surface area contributed by atoms with Crippen molar-refractivity contribution in [3.8, 4) is 23.3 Å². The molecule has 0 radical (unpaired) electrons. The second-order valence-corrected chi connectivity index (χ2v) is 6.90. The molecule has 4 rings (SSSR count). The number of hydrogen-bond acceptors (Lipinski definition) is 5. The molecule has 31 heavy (non-hydrogen) atoms. The molecule has 3 heterocycles. The van der Waals surface area contributed by atoms with Gasteiger partial charge in [-0.2, -0.15) is 13.2 Å². The van der Waals surface area contributed by atoms with Crippen molar-refractivity contribution in [3.63, 3.8) is 0 Å². The van der Waals surface area contributed by atoms with Crippen molar-refractivity contribution in [2.45, 2.75) is 18.7 Å². The second-order valence-electron chi connectivity index (χ2n) is 6.90. The summed E-state index contributed by atoms with van der Waals surface area (Å²) in [5.74, 6) is 4.48. The van der Waals surface area contributed by atoms with E-state index in [9.17, 15) is 23.1 Å². The van der Waals surface area contributed by atoms with Gasteiger partial charge in [0.1, 0.15) is 5.52 Å². The van der Waals surface area contributed by atoms with Crippen LogP contribution in [0, 0.1) is 18.8 Å². The highest BCUT2D eigenvalue weighted by molar-refractivity contribution is 5.99. The molecule has 0 saturated heterocycles. The molecular formula is C21H15F3N4O3. The minimum atomic E-state index is -5.06. The van der Waals surface area contributed by atoms with Crippen LogP contribution in [0.4, 0.5) is 13.2 Å². The maximum atomic E-state index is 13.8. The van der Waals surface area contributed by atoms with Gasteiger partial charge in [0, 0.05) is 29.9 Å². The Morgan fingerprint density at radius 3 is 2.55 bits per heavy atom. The fourth-order valence-electron chi connectivity index (χ4n) is 3.34. The quantitative estimate of drug-likeness (QED) is 0.479. The maximum Gasteiger partial charge on any atom is 0.433 e. The largest absolute Gasteiger partial charge is 0.433 e. The van der Waals surface area contributed by atoms with E-state index in [1.54, 1.807) is 6.92 Å². The monoisotopic (exact) mass is 428 g/mol. The zero-order chi connectivity index (χ0) is 22.4. The molecule has 1 unspecified atom stereocenters. The number of fused-ring (bicyclic) bond motifs is 1. The number of H-pyrrole nitrogens is 1. The smallest absolute Gasteiger partial charge is 0.423 e. The molecule has 0 bridgehead atoms. The van der Waals surface area contributed by atoms with Crippen molar-refractivity contribution in [3.05, 3.63) is 70.1 Å². The van der Waals surface area contributed by atoms with Crippen LogP contribution in [0.2, 0.25) is 0 Å². The summed E-state index contributed by atoms with van der Waals surface area (Å²) in [4.78, 5) is 15.5. The molecule has 0 aliphatic rings. The number of hydrogen-bond donors (Lipinski definition) is 2. The van der Waals surface area contributed by atoms with E-state index in [1.165, 1.54) is 36.0 Å². The molecule has 0 spiro atoms. The number of aromatic nitrogens is 4. The number of pyridine rings is 1. The summed E-state index contributed by atoms with van der Waals surface area (Å²) < 4.78 is 47.9.